The van der Waals surface area contributed by atoms with E-state index in [-0.39, 0.29) is 40.7 Å². The Hall–Kier alpha value is -3.87. The van der Waals surface area contributed by atoms with Gasteiger partial charge in [0.1, 0.15) is 11.4 Å². The van der Waals surface area contributed by atoms with Gasteiger partial charge in [0.05, 0.1) is 30.0 Å². The zero-order chi connectivity index (χ0) is 28.5. The molecule has 0 saturated carbocycles. The van der Waals surface area contributed by atoms with Gasteiger partial charge < -0.3 is 24.5 Å². The summed E-state index contributed by atoms with van der Waals surface area (Å²) in [4.78, 5) is 13.2. The van der Waals surface area contributed by atoms with Crippen molar-refractivity contribution in [1.82, 2.24) is 5.32 Å². The Labute approximate surface area is 226 Å². The fourth-order valence-corrected chi connectivity index (χ4v) is 5.06. The molecule has 12 heteroatoms. The molecule has 3 N–H and O–H groups in total. The molecule has 3 aromatic carbocycles. The van der Waals surface area contributed by atoms with Crippen molar-refractivity contribution >= 4 is 45.2 Å². The maximum Gasteiger partial charge on any atom is 0.488 e. The van der Waals surface area contributed by atoms with Gasteiger partial charge in [-0.05, 0) is 61.3 Å². The molecule has 204 valence electrons. The van der Waals surface area contributed by atoms with Gasteiger partial charge in [-0.15, -0.1) is 0 Å². The SMILES string of the molecule is CNC(=O)c1c(N(Cc2ccc(B(O)O)cc2)S(C)(=O)=O)ccc2c(OC(C)C)c(-c3ccc(F)cc3)oc12. The van der Waals surface area contributed by atoms with E-state index in [4.69, 9.17) is 9.15 Å². The van der Waals surface area contributed by atoms with E-state index in [0.29, 0.717) is 22.3 Å². The lowest BCUT2D eigenvalue weighted by molar-refractivity contribution is 0.0964. The van der Waals surface area contributed by atoms with Gasteiger partial charge in [-0.3, -0.25) is 9.10 Å². The zero-order valence-electron chi connectivity index (χ0n) is 21.8. The molecule has 0 bridgehead atoms. The second-order valence-electron chi connectivity index (χ2n) is 9.23. The highest BCUT2D eigenvalue weighted by Gasteiger charge is 2.30. The molecule has 9 nitrogen and oxygen atoms in total. The standard InChI is InChI=1S/C27H28BFN2O7S/c1-16(2)37-26-21-13-14-22(31(39(4,35)36)15-17-5-9-19(10-6-17)28(33)34)23(27(32)30-3)25(21)38-24(26)18-7-11-20(29)12-8-18/h5-14,16,33-34H,15H2,1-4H3,(H,30,32). The number of nitrogens with zero attached hydrogens (tertiary/aromatic N) is 1. The van der Waals surface area contributed by atoms with Gasteiger partial charge in [0.25, 0.3) is 5.91 Å². The molecule has 0 spiro atoms. The number of anilines is 1. The Balaban J connectivity index is 1.95. The van der Waals surface area contributed by atoms with Crippen molar-refractivity contribution in [1.29, 1.82) is 0 Å². The number of sulfonamides is 1. The molecule has 4 aromatic rings. The van der Waals surface area contributed by atoms with E-state index in [2.05, 4.69) is 5.32 Å². The highest BCUT2D eigenvalue weighted by Crippen LogP contribution is 2.44. The summed E-state index contributed by atoms with van der Waals surface area (Å²) < 4.78 is 53.0. The molecule has 0 fully saturated rings. The Morgan fingerprint density at radius 3 is 2.26 bits per heavy atom. The molecule has 4 rings (SSSR count). The molecule has 1 aromatic heterocycles. The molecule has 0 unspecified atom stereocenters. The second kappa shape index (κ2) is 11.1. The van der Waals surface area contributed by atoms with Crippen LogP contribution in [0.3, 0.4) is 0 Å². The molecule has 0 aliphatic rings. The quantitative estimate of drug-likeness (QED) is 0.271. The highest BCUT2D eigenvalue weighted by atomic mass is 32.2. The number of halogens is 1. The van der Waals surface area contributed by atoms with Crippen molar-refractivity contribution in [3.05, 3.63) is 77.6 Å². The molecule has 39 heavy (non-hydrogen) atoms. The topological polar surface area (TPSA) is 129 Å². The minimum atomic E-state index is -3.91. The Morgan fingerprint density at radius 1 is 1.08 bits per heavy atom. The first-order valence-corrected chi connectivity index (χ1v) is 13.9. The fourth-order valence-electron chi connectivity index (χ4n) is 4.17. The molecule has 0 radical (unpaired) electrons. The number of hydrogen-bond donors (Lipinski definition) is 3. The number of fused-ring (bicyclic) bond motifs is 1. The minimum absolute atomic E-state index is 0.0233. The third kappa shape index (κ3) is 5.92. The molecule has 0 aliphatic heterocycles. The van der Waals surface area contributed by atoms with Crippen LogP contribution in [0.2, 0.25) is 0 Å². The lowest BCUT2D eigenvalue weighted by atomic mass is 9.80. The van der Waals surface area contributed by atoms with E-state index in [0.717, 1.165) is 10.6 Å². The zero-order valence-corrected chi connectivity index (χ0v) is 22.6. The van der Waals surface area contributed by atoms with Gasteiger partial charge in [-0.1, -0.05) is 24.3 Å². The lowest BCUT2D eigenvalue weighted by Gasteiger charge is -2.25. The smallest absolute Gasteiger partial charge is 0.486 e. The van der Waals surface area contributed by atoms with Crippen molar-refractivity contribution in [2.45, 2.75) is 26.5 Å². The van der Waals surface area contributed by atoms with Gasteiger partial charge in [-0.2, -0.15) is 0 Å². The van der Waals surface area contributed by atoms with E-state index in [9.17, 15) is 27.7 Å². The van der Waals surface area contributed by atoms with Crippen LogP contribution in [0.25, 0.3) is 22.3 Å². The largest absolute Gasteiger partial charge is 0.488 e. The van der Waals surface area contributed by atoms with E-state index in [1.54, 1.807) is 18.2 Å². The lowest BCUT2D eigenvalue weighted by Crippen LogP contribution is -2.33. The van der Waals surface area contributed by atoms with Crippen molar-refractivity contribution < 1.29 is 36.8 Å². The number of carbonyl (C=O) groups excluding carboxylic acids is 1. The number of carbonyl (C=O) groups is 1. The Morgan fingerprint density at radius 2 is 1.72 bits per heavy atom. The van der Waals surface area contributed by atoms with E-state index >= 15 is 0 Å². The summed E-state index contributed by atoms with van der Waals surface area (Å²) in [5, 5.41) is 21.7. The molecule has 1 amide bonds. The third-order valence-electron chi connectivity index (χ3n) is 5.98. The maximum atomic E-state index is 13.6. The van der Waals surface area contributed by atoms with Crippen LogP contribution in [0.1, 0.15) is 29.8 Å². The predicted octanol–water partition coefficient (Wildman–Crippen LogP) is 3.03. The molecule has 1 heterocycles. The van der Waals surface area contributed by atoms with Crippen molar-refractivity contribution in [3.8, 4) is 17.1 Å². The van der Waals surface area contributed by atoms with Crippen LogP contribution in [0.5, 0.6) is 5.75 Å². The molecular formula is C27H28BFN2O7S. The number of nitrogens with one attached hydrogen (secondary N) is 1. The third-order valence-corrected chi connectivity index (χ3v) is 7.10. The summed E-state index contributed by atoms with van der Waals surface area (Å²) >= 11 is 0. The average Bonchev–Trinajstić information content (AvgIpc) is 3.24. The monoisotopic (exact) mass is 554 g/mol. The first-order valence-electron chi connectivity index (χ1n) is 12.1. The summed E-state index contributed by atoms with van der Waals surface area (Å²) in [6.45, 7) is 3.51. The molecular weight excluding hydrogens is 526 g/mol. The van der Waals surface area contributed by atoms with Crippen LogP contribution in [0.15, 0.2) is 65.1 Å². The fraction of sp³-hybridized carbons (Fsp3) is 0.222. The number of ether oxygens (including phenoxy) is 1. The Bertz CT molecular complexity index is 1600. The van der Waals surface area contributed by atoms with Gasteiger partial charge in [0.2, 0.25) is 10.0 Å². The number of amides is 1. The van der Waals surface area contributed by atoms with Gasteiger partial charge in [0.15, 0.2) is 17.1 Å². The summed E-state index contributed by atoms with van der Waals surface area (Å²) in [5.74, 6) is -0.407. The normalized spacial score (nSPS) is 11.6. The summed E-state index contributed by atoms with van der Waals surface area (Å²) in [7, 11) is -4.16. The average molecular weight is 554 g/mol. The number of benzene rings is 3. The molecule has 0 saturated heterocycles. The first kappa shape index (κ1) is 28.2. The maximum absolute atomic E-state index is 13.6. The number of hydrogen-bond acceptors (Lipinski definition) is 7. The highest BCUT2D eigenvalue weighted by molar-refractivity contribution is 7.92. The minimum Gasteiger partial charge on any atom is -0.486 e. The van der Waals surface area contributed by atoms with Crippen LogP contribution in [-0.4, -0.2) is 50.9 Å². The van der Waals surface area contributed by atoms with Gasteiger partial charge >= 0.3 is 7.12 Å². The van der Waals surface area contributed by atoms with E-state index in [1.165, 1.54) is 49.5 Å². The van der Waals surface area contributed by atoms with Crippen LogP contribution < -0.4 is 19.8 Å². The van der Waals surface area contributed by atoms with E-state index < -0.39 is 28.9 Å². The van der Waals surface area contributed by atoms with Crippen LogP contribution in [-0.2, 0) is 16.6 Å². The van der Waals surface area contributed by atoms with Crippen molar-refractivity contribution in [2.24, 2.45) is 0 Å². The summed E-state index contributed by atoms with van der Waals surface area (Å²) in [5.41, 5.74) is 1.46. The van der Waals surface area contributed by atoms with Crippen LogP contribution in [0, 0.1) is 5.82 Å². The summed E-state index contributed by atoms with van der Waals surface area (Å²) in [6, 6.07) is 14.8. The van der Waals surface area contributed by atoms with Gasteiger partial charge in [0, 0.05) is 12.6 Å². The number of furan rings is 1. The Kier molecular flexibility index (Phi) is 8.00. The number of rotatable bonds is 9. The second-order valence-corrected chi connectivity index (χ2v) is 11.1. The van der Waals surface area contributed by atoms with Crippen LogP contribution >= 0.6 is 0 Å². The van der Waals surface area contributed by atoms with Crippen LogP contribution in [0.4, 0.5) is 10.1 Å². The van der Waals surface area contributed by atoms with Crippen molar-refractivity contribution in [3.63, 3.8) is 0 Å². The summed E-state index contributed by atoms with van der Waals surface area (Å²) in [6.07, 6.45) is 0.761. The predicted molar refractivity (Wildman–Crippen MR) is 148 cm³/mol. The molecule has 0 aliphatic carbocycles. The van der Waals surface area contributed by atoms with Gasteiger partial charge in [-0.25, -0.2) is 12.8 Å². The van der Waals surface area contributed by atoms with E-state index in [1.807, 2.05) is 13.8 Å². The molecule has 0 atom stereocenters. The first-order chi connectivity index (χ1) is 18.4. The van der Waals surface area contributed by atoms with Crippen molar-refractivity contribution in [2.75, 3.05) is 17.6 Å².